The SMILES string of the molecule is NCCCCCCC1CCN(C(O)C2CCCS2)C1. The lowest BCUT2D eigenvalue weighted by Crippen LogP contribution is -2.39. The van der Waals surface area contributed by atoms with Crippen LogP contribution in [0, 0.1) is 5.92 Å². The van der Waals surface area contributed by atoms with Crippen LogP contribution in [0.3, 0.4) is 0 Å². The van der Waals surface area contributed by atoms with Gasteiger partial charge >= 0.3 is 0 Å². The lowest BCUT2D eigenvalue weighted by atomic mass is 10.00. The number of hydrogen-bond donors (Lipinski definition) is 2. The molecule has 2 aliphatic heterocycles. The van der Waals surface area contributed by atoms with Crippen LogP contribution in [-0.2, 0) is 0 Å². The van der Waals surface area contributed by atoms with Crippen LogP contribution < -0.4 is 5.73 Å². The molecule has 0 saturated carbocycles. The lowest BCUT2D eigenvalue weighted by Gasteiger charge is -2.27. The molecule has 0 amide bonds. The van der Waals surface area contributed by atoms with Gasteiger partial charge in [-0.3, -0.25) is 4.90 Å². The van der Waals surface area contributed by atoms with E-state index in [4.69, 9.17) is 5.73 Å². The number of thioether (sulfide) groups is 1. The normalized spacial score (nSPS) is 30.0. The Labute approximate surface area is 122 Å². The summed E-state index contributed by atoms with van der Waals surface area (Å²) in [6, 6.07) is 0. The first-order valence-corrected chi connectivity index (χ1v) is 9.10. The van der Waals surface area contributed by atoms with Crippen LogP contribution in [0.1, 0.15) is 51.4 Å². The molecule has 2 saturated heterocycles. The number of nitrogens with two attached hydrogens (primary N) is 1. The summed E-state index contributed by atoms with van der Waals surface area (Å²) < 4.78 is 0. The Morgan fingerprint density at radius 2 is 2.05 bits per heavy atom. The van der Waals surface area contributed by atoms with Crippen molar-refractivity contribution in [2.24, 2.45) is 11.7 Å². The highest BCUT2D eigenvalue weighted by molar-refractivity contribution is 8.00. The smallest absolute Gasteiger partial charge is 0.119 e. The molecule has 112 valence electrons. The summed E-state index contributed by atoms with van der Waals surface area (Å²) in [4.78, 5) is 2.33. The van der Waals surface area contributed by atoms with E-state index in [2.05, 4.69) is 4.90 Å². The second-order valence-electron chi connectivity index (χ2n) is 6.11. The van der Waals surface area contributed by atoms with E-state index in [1.807, 2.05) is 11.8 Å². The summed E-state index contributed by atoms with van der Waals surface area (Å²) >= 11 is 1.96. The molecule has 3 unspecified atom stereocenters. The second kappa shape index (κ2) is 8.50. The second-order valence-corrected chi connectivity index (χ2v) is 7.45. The zero-order chi connectivity index (χ0) is 13.5. The monoisotopic (exact) mass is 286 g/mol. The third-order valence-corrected chi connectivity index (χ3v) is 5.99. The maximum absolute atomic E-state index is 10.4. The number of aliphatic hydroxyl groups excluding tert-OH is 1. The number of nitrogens with zero attached hydrogens (tertiary/aromatic N) is 1. The summed E-state index contributed by atoms with van der Waals surface area (Å²) in [6.45, 7) is 3.06. The van der Waals surface area contributed by atoms with E-state index in [1.54, 1.807) is 0 Å². The van der Waals surface area contributed by atoms with Crippen molar-refractivity contribution in [3.05, 3.63) is 0 Å². The van der Waals surface area contributed by atoms with Crippen LogP contribution in [0.5, 0.6) is 0 Å². The Morgan fingerprint density at radius 3 is 2.79 bits per heavy atom. The Balaban J connectivity index is 1.59. The molecule has 2 aliphatic rings. The van der Waals surface area contributed by atoms with Crippen LogP contribution >= 0.6 is 11.8 Å². The van der Waals surface area contributed by atoms with Gasteiger partial charge in [-0.15, -0.1) is 0 Å². The molecule has 0 aromatic heterocycles. The average Bonchev–Trinajstić information content (AvgIpc) is 3.09. The minimum atomic E-state index is -0.185. The van der Waals surface area contributed by atoms with Gasteiger partial charge in [0.05, 0.1) is 0 Å². The molecule has 2 fully saturated rings. The molecular formula is C15H30N2OS. The molecule has 2 rings (SSSR count). The average molecular weight is 286 g/mol. The minimum Gasteiger partial charge on any atom is -0.377 e. The van der Waals surface area contributed by atoms with E-state index < -0.39 is 0 Å². The zero-order valence-corrected chi connectivity index (χ0v) is 12.9. The quantitative estimate of drug-likeness (QED) is 0.673. The van der Waals surface area contributed by atoms with Crippen molar-refractivity contribution in [1.82, 2.24) is 4.90 Å². The Hall–Kier alpha value is 0.230. The summed E-state index contributed by atoms with van der Waals surface area (Å²) in [7, 11) is 0. The van der Waals surface area contributed by atoms with Gasteiger partial charge in [-0.1, -0.05) is 19.3 Å². The first-order chi connectivity index (χ1) is 9.31. The number of hydrogen-bond acceptors (Lipinski definition) is 4. The maximum atomic E-state index is 10.4. The van der Waals surface area contributed by atoms with Crippen molar-refractivity contribution in [1.29, 1.82) is 0 Å². The number of rotatable bonds is 8. The summed E-state index contributed by atoms with van der Waals surface area (Å²) in [6.07, 6.45) is 10.0. The van der Waals surface area contributed by atoms with E-state index >= 15 is 0 Å². The third kappa shape index (κ3) is 4.92. The van der Waals surface area contributed by atoms with E-state index in [9.17, 15) is 5.11 Å². The maximum Gasteiger partial charge on any atom is 0.119 e. The fourth-order valence-electron chi connectivity index (χ4n) is 3.34. The standard InChI is InChI=1S/C15H30N2OS/c16-9-4-2-1-3-6-13-8-10-17(12-13)15(18)14-7-5-11-19-14/h13-15,18H,1-12,16H2. The fraction of sp³-hybridized carbons (Fsp3) is 1.00. The van der Waals surface area contributed by atoms with Crippen LogP contribution in [0.4, 0.5) is 0 Å². The fourth-order valence-corrected chi connectivity index (χ4v) is 4.66. The summed E-state index contributed by atoms with van der Waals surface area (Å²) in [5.41, 5.74) is 5.51. The predicted octanol–water partition coefficient (Wildman–Crippen LogP) is 2.43. The molecule has 0 radical (unpaired) electrons. The Morgan fingerprint density at radius 1 is 1.21 bits per heavy atom. The van der Waals surface area contributed by atoms with Crippen molar-refractivity contribution in [3.8, 4) is 0 Å². The molecule has 0 bridgehead atoms. The van der Waals surface area contributed by atoms with Gasteiger partial charge in [0, 0.05) is 18.3 Å². The largest absolute Gasteiger partial charge is 0.377 e. The van der Waals surface area contributed by atoms with E-state index in [0.29, 0.717) is 5.25 Å². The van der Waals surface area contributed by atoms with Crippen molar-refractivity contribution in [2.75, 3.05) is 25.4 Å². The van der Waals surface area contributed by atoms with Gasteiger partial charge < -0.3 is 10.8 Å². The highest BCUT2D eigenvalue weighted by Gasteiger charge is 2.33. The van der Waals surface area contributed by atoms with E-state index in [1.165, 1.54) is 57.1 Å². The van der Waals surface area contributed by atoms with E-state index in [0.717, 1.165) is 25.6 Å². The molecule has 3 atom stereocenters. The highest BCUT2D eigenvalue weighted by atomic mass is 32.2. The predicted molar refractivity (Wildman–Crippen MR) is 83.3 cm³/mol. The van der Waals surface area contributed by atoms with E-state index in [-0.39, 0.29) is 6.23 Å². The van der Waals surface area contributed by atoms with Crippen molar-refractivity contribution in [3.63, 3.8) is 0 Å². The lowest BCUT2D eigenvalue weighted by molar-refractivity contribution is 0.0160. The molecule has 0 aliphatic carbocycles. The third-order valence-electron chi connectivity index (χ3n) is 4.56. The highest BCUT2D eigenvalue weighted by Crippen LogP contribution is 2.33. The molecule has 3 N–H and O–H groups in total. The Bertz CT molecular complexity index is 246. The molecule has 4 heteroatoms. The van der Waals surface area contributed by atoms with Gasteiger partial charge in [0.2, 0.25) is 0 Å². The van der Waals surface area contributed by atoms with Crippen LogP contribution in [-0.4, -0.2) is 46.9 Å². The van der Waals surface area contributed by atoms with Crippen LogP contribution in [0.25, 0.3) is 0 Å². The van der Waals surface area contributed by atoms with Gasteiger partial charge in [-0.25, -0.2) is 0 Å². The molecule has 0 aromatic carbocycles. The first kappa shape index (κ1) is 15.6. The molecule has 0 aromatic rings. The van der Waals surface area contributed by atoms with Crippen molar-refractivity contribution in [2.45, 2.75) is 62.8 Å². The summed E-state index contributed by atoms with van der Waals surface area (Å²) in [5, 5.41) is 10.9. The first-order valence-electron chi connectivity index (χ1n) is 8.05. The number of likely N-dealkylation sites (tertiary alicyclic amines) is 1. The van der Waals surface area contributed by atoms with Crippen LogP contribution in [0.2, 0.25) is 0 Å². The zero-order valence-electron chi connectivity index (χ0n) is 12.1. The molecule has 19 heavy (non-hydrogen) atoms. The summed E-state index contributed by atoms with van der Waals surface area (Å²) in [5.74, 6) is 2.05. The number of unbranched alkanes of at least 4 members (excludes halogenated alkanes) is 3. The van der Waals surface area contributed by atoms with Crippen molar-refractivity contribution < 1.29 is 5.11 Å². The van der Waals surface area contributed by atoms with Gasteiger partial charge in [0.1, 0.15) is 6.23 Å². The van der Waals surface area contributed by atoms with Gasteiger partial charge in [0.25, 0.3) is 0 Å². The molecular weight excluding hydrogens is 256 g/mol. The van der Waals surface area contributed by atoms with Gasteiger partial charge in [-0.05, 0) is 50.3 Å². The topological polar surface area (TPSA) is 49.5 Å². The van der Waals surface area contributed by atoms with Gasteiger partial charge in [-0.2, -0.15) is 11.8 Å². The Kier molecular flexibility index (Phi) is 6.99. The molecule has 0 spiro atoms. The number of aliphatic hydroxyl groups is 1. The van der Waals surface area contributed by atoms with Crippen LogP contribution in [0.15, 0.2) is 0 Å². The molecule has 2 heterocycles. The minimum absolute atomic E-state index is 0.185. The van der Waals surface area contributed by atoms with Gasteiger partial charge in [0.15, 0.2) is 0 Å². The molecule has 3 nitrogen and oxygen atoms in total. The van der Waals surface area contributed by atoms with Crippen molar-refractivity contribution >= 4 is 11.8 Å².